The van der Waals surface area contributed by atoms with Crippen LogP contribution in [0.4, 0.5) is 0 Å². The predicted molar refractivity (Wildman–Crippen MR) is 44.9 cm³/mol. The van der Waals surface area contributed by atoms with Gasteiger partial charge in [-0.25, -0.2) is 4.98 Å². The van der Waals surface area contributed by atoms with Crippen molar-refractivity contribution in [2.45, 2.75) is 19.8 Å². The fourth-order valence-electron chi connectivity index (χ4n) is 1.15. The highest BCUT2D eigenvalue weighted by Gasteiger charge is 2.07. The van der Waals surface area contributed by atoms with Crippen LogP contribution in [0.5, 0.6) is 0 Å². The van der Waals surface area contributed by atoms with Crippen molar-refractivity contribution in [1.82, 2.24) is 19.6 Å². The summed E-state index contributed by atoms with van der Waals surface area (Å²) >= 11 is 0. The lowest BCUT2D eigenvalue weighted by molar-refractivity contribution is 0.758. The Morgan fingerprint density at radius 3 is 2.92 bits per heavy atom. The molecule has 2 rings (SSSR count). The van der Waals surface area contributed by atoms with E-state index in [1.54, 1.807) is 6.20 Å². The van der Waals surface area contributed by atoms with Gasteiger partial charge in [0, 0.05) is 18.3 Å². The van der Waals surface area contributed by atoms with E-state index in [4.69, 9.17) is 0 Å². The summed E-state index contributed by atoms with van der Waals surface area (Å²) in [5, 5.41) is 7.99. The highest BCUT2D eigenvalue weighted by molar-refractivity contribution is 5.26. The van der Waals surface area contributed by atoms with Crippen LogP contribution in [-0.2, 0) is 0 Å². The van der Waals surface area contributed by atoms with Gasteiger partial charge >= 0.3 is 0 Å². The van der Waals surface area contributed by atoms with Crippen LogP contribution >= 0.6 is 0 Å². The van der Waals surface area contributed by atoms with Crippen molar-refractivity contribution < 1.29 is 0 Å². The maximum absolute atomic E-state index is 4.07. The first-order valence-corrected chi connectivity index (χ1v) is 3.94. The van der Waals surface area contributed by atoms with Crippen LogP contribution in [0.3, 0.4) is 0 Å². The molecule has 0 saturated carbocycles. The van der Waals surface area contributed by atoms with E-state index in [0.717, 1.165) is 5.82 Å². The van der Waals surface area contributed by atoms with Crippen LogP contribution in [0.1, 0.15) is 25.6 Å². The van der Waals surface area contributed by atoms with E-state index >= 15 is 0 Å². The van der Waals surface area contributed by atoms with Gasteiger partial charge in [-0.1, -0.05) is 13.8 Å². The molecule has 0 fully saturated rings. The summed E-state index contributed by atoms with van der Waals surface area (Å²) in [6, 6.07) is 1.88. The van der Waals surface area contributed by atoms with Crippen molar-refractivity contribution in [1.29, 1.82) is 0 Å². The minimum Gasteiger partial charge on any atom is -0.270 e. The summed E-state index contributed by atoms with van der Waals surface area (Å²) in [5.41, 5.74) is 0. The Bertz CT molecular complexity index is 391. The number of rotatable bonds is 1. The summed E-state index contributed by atoms with van der Waals surface area (Å²) < 4.78 is 1.91. The second kappa shape index (κ2) is 2.55. The minimum atomic E-state index is 0.379. The number of hydrogen-bond acceptors (Lipinski definition) is 3. The average molecular weight is 162 g/mol. The molecule has 0 aliphatic rings. The maximum atomic E-state index is 4.07. The molecule has 0 amide bonds. The Morgan fingerprint density at radius 1 is 1.33 bits per heavy atom. The van der Waals surface area contributed by atoms with Crippen molar-refractivity contribution in [3.63, 3.8) is 0 Å². The zero-order chi connectivity index (χ0) is 8.55. The van der Waals surface area contributed by atoms with Gasteiger partial charge in [0.05, 0.1) is 0 Å². The first-order valence-electron chi connectivity index (χ1n) is 3.94. The van der Waals surface area contributed by atoms with Gasteiger partial charge in [-0.2, -0.15) is 0 Å². The lowest BCUT2D eigenvalue weighted by atomic mass is 10.2. The van der Waals surface area contributed by atoms with Crippen LogP contribution in [-0.4, -0.2) is 19.6 Å². The van der Waals surface area contributed by atoms with Gasteiger partial charge in [-0.15, -0.1) is 10.2 Å². The van der Waals surface area contributed by atoms with Crippen molar-refractivity contribution in [2.75, 3.05) is 0 Å². The molecule has 0 radical (unpaired) electrons. The normalized spacial score (nSPS) is 11.2. The molecule has 0 N–H and O–H groups in total. The van der Waals surface area contributed by atoms with Gasteiger partial charge in [0.25, 0.3) is 5.78 Å². The quantitative estimate of drug-likeness (QED) is 0.633. The summed E-state index contributed by atoms with van der Waals surface area (Å²) in [7, 11) is 0. The molecule has 0 aliphatic carbocycles. The van der Waals surface area contributed by atoms with Gasteiger partial charge in [-0.3, -0.25) is 4.40 Å². The molecule has 4 heteroatoms. The third-order valence-electron chi connectivity index (χ3n) is 1.73. The van der Waals surface area contributed by atoms with Crippen LogP contribution in [0.2, 0.25) is 0 Å². The minimum absolute atomic E-state index is 0.379. The molecule has 2 heterocycles. The van der Waals surface area contributed by atoms with Crippen LogP contribution in [0.15, 0.2) is 18.5 Å². The third-order valence-corrected chi connectivity index (χ3v) is 1.73. The van der Waals surface area contributed by atoms with E-state index in [1.165, 1.54) is 0 Å². The molecule has 2 aromatic heterocycles. The fourth-order valence-corrected chi connectivity index (χ4v) is 1.15. The highest BCUT2D eigenvalue weighted by atomic mass is 15.3. The highest BCUT2D eigenvalue weighted by Crippen LogP contribution is 2.10. The SMILES string of the molecule is CC(C)c1nnc2ncccn12. The number of nitrogens with zero attached hydrogens (tertiary/aromatic N) is 4. The van der Waals surface area contributed by atoms with Gasteiger partial charge in [0.1, 0.15) is 5.82 Å². The average Bonchev–Trinajstić information content (AvgIpc) is 2.47. The first kappa shape index (κ1) is 7.21. The molecule has 0 aliphatic heterocycles. The monoisotopic (exact) mass is 162 g/mol. The largest absolute Gasteiger partial charge is 0.270 e. The summed E-state index contributed by atoms with van der Waals surface area (Å²) in [6.45, 7) is 4.17. The zero-order valence-corrected chi connectivity index (χ0v) is 7.10. The molecule has 12 heavy (non-hydrogen) atoms. The molecule has 0 unspecified atom stereocenters. The second-order valence-corrected chi connectivity index (χ2v) is 3.00. The Hall–Kier alpha value is -1.45. The predicted octanol–water partition coefficient (Wildman–Crippen LogP) is 1.25. The second-order valence-electron chi connectivity index (χ2n) is 3.00. The van der Waals surface area contributed by atoms with E-state index in [-0.39, 0.29) is 0 Å². The molecule has 4 nitrogen and oxygen atoms in total. The standard InChI is InChI=1S/C8H10N4/c1-6(2)7-10-11-8-9-4-3-5-12(7)8/h3-6H,1-2H3. The van der Waals surface area contributed by atoms with E-state index in [9.17, 15) is 0 Å². The van der Waals surface area contributed by atoms with E-state index in [0.29, 0.717) is 11.7 Å². The summed E-state index contributed by atoms with van der Waals surface area (Å²) in [6.07, 6.45) is 3.64. The first-order chi connectivity index (χ1) is 5.79. The molecule has 0 bridgehead atoms. The van der Waals surface area contributed by atoms with E-state index < -0.39 is 0 Å². The Kier molecular flexibility index (Phi) is 1.53. The number of aromatic nitrogens is 4. The molecule has 0 atom stereocenters. The molecule has 0 spiro atoms. The molecule has 62 valence electrons. The molecule has 0 saturated heterocycles. The van der Waals surface area contributed by atoms with Gasteiger partial charge < -0.3 is 0 Å². The molecule has 2 aromatic rings. The Morgan fingerprint density at radius 2 is 2.17 bits per heavy atom. The van der Waals surface area contributed by atoms with E-state index in [1.807, 2.05) is 16.7 Å². The molecular weight excluding hydrogens is 152 g/mol. The third kappa shape index (κ3) is 0.958. The number of hydrogen-bond donors (Lipinski definition) is 0. The summed E-state index contributed by atoms with van der Waals surface area (Å²) in [4.78, 5) is 4.07. The Balaban J connectivity index is 2.70. The van der Waals surface area contributed by atoms with Crippen LogP contribution in [0, 0.1) is 0 Å². The van der Waals surface area contributed by atoms with Gasteiger partial charge in [0.15, 0.2) is 0 Å². The topological polar surface area (TPSA) is 43.1 Å². The lowest BCUT2D eigenvalue weighted by Gasteiger charge is -1.99. The summed E-state index contributed by atoms with van der Waals surface area (Å²) in [5.74, 6) is 2.00. The van der Waals surface area contributed by atoms with Crippen LogP contribution in [0.25, 0.3) is 5.78 Å². The maximum Gasteiger partial charge on any atom is 0.254 e. The van der Waals surface area contributed by atoms with E-state index in [2.05, 4.69) is 29.0 Å². The van der Waals surface area contributed by atoms with Gasteiger partial charge in [0.2, 0.25) is 0 Å². The molecule has 0 aromatic carbocycles. The lowest BCUT2D eigenvalue weighted by Crippen LogP contribution is -1.96. The number of fused-ring (bicyclic) bond motifs is 1. The van der Waals surface area contributed by atoms with Crippen molar-refractivity contribution in [3.8, 4) is 0 Å². The zero-order valence-electron chi connectivity index (χ0n) is 7.10. The fraction of sp³-hybridized carbons (Fsp3) is 0.375. The van der Waals surface area contributed by atoms with Gasteiger partial charge in [-0.05, 0) is 6.07 Å². The van der Waals surface area contributed by atoms with Crippen molar-refractivity contribution in [3.05, 3.63) is 24.3 Å². The molecular formula is C8H10N4. The Labute approximate surface area is 70.3 Å². The van der Waals surface area contributed by atoms with Crippen molar-refractivity contribution in [2.24, 2.45) is 0 Å². The van der Waals surface area contributed by atoms with Crippen molar-refractivity contribution >= 4 is 5.78 Å². The smallest absolute Gasteiger partial charge is 0.254 e. The van der Waals surface area contributed by atoms with Crippen LogP contribution < -0.4 is 0 Å².